The molecule has 0 aliphatic rings. The van der Waals surface area contributed by atoms with Gasteiger partial charge in [0.1, 0.15) is 6.61 Å². The Morgan fingerprint density at radius 2 is 2.42 bits per heavy atom. The van der Waals surface area contributed by atoms with Crippen molar-refractivity contribution in [2.75, 3.05) is 13.2 Å². The molecule has 0 bridgehead atoms. The molecule has 0 radical (unpaired) electrons. The molecule has 2 N–H and O–H groups in total. The van der Waals surface area contributed by atoms with Gasteiger partial charge in [-0.25, -0.2) is 4.68 Å². The highest BCUT2D eigenvalue weighted by Crippen LogP contribution is 2.14. The van der Waals surface area contributed by atoms with Crippen molar-refractivity contribution in [3.8, 4) is 5.75 Å². The largest absolute Gasteiger partial charge is 0.489 e. The third kappa shape index (κ3) is 2.16. The van der Waals surface area contributed by atoms with Crippen LogP contribution < -0.4 is 10.5 Å². The summed E-state index contributed by atoms with van der Waals surface area (Å²) < 4.78 is 29.3. The number of rotatable bonds is 4. The molecule has 6 heteroatoms. The maximum atomic E-state index is 11.9. The smallest absolute Gasteiger partial charge is 0.333 e. The van der Waals surface area contributed by atoms with Crippen LogP contribution in [0.5, 0.6) is 5.75 Å². The zero-order valence-corrected chi connectivity index (χ0v) is 6.28. The van der Waals surface area contributed by atoms with Crippen molar-refractivity contribution < 1.29 is 13.5 Å². The minimum atomic E-state index is -2.62. The fourth-order valence-electron chi connectivity index (χ4n) is 0.679. The number of hydrogen-bond acceptors (Lipinski definition) is 3. The Morgan fingerprint density at radius 3 is 2.92 bits per heavy atom. The Morgan fingerprint density at radius 1 is 1.67 bits per heavy atom. The van der Waals surface area contributed by atoms with Crippen LogP contribution in [-0.4, -0.2) is 22.9 Å². The average Bonchev–Trinajstić information content (AvgIpc) is 2.48. The van der Waals surface area contributed by atoms with Gasteiger partial charge in [0.15, 0.2) is 5.75 Å². The first kappa shape index (κ1) is 8.92. The molecule has 0 atom stereocenters. The predicted molar refractivity (Wildman–Crippen MR) is 38.0 cm³/mol. The van der Waals surface area contributed by atoms with E-state index < -0.39 is 6.55 Å². The second-order valence-electron chi connectivity index (χ2n) is 2.07. The van der Waals surface area contributed by atoms with Gasteiger partial charge in [-0.3, -0.25) is 0 Å². The van der Waals surface area contributed by atoms with Crippen molar-refractivity contribution in [3.05, 3.63) is 12.4 Å². The number of halogens is 2. The van der Waals surface area contributed by atoms with Gasteiger partial charge in [0.25, 0.3) is 0 Å². The number of ether oxygens (including phenoxy) is 1. The van der Waals surface area contributed by atoms with Gasteiger partial charge in [-0.15, -0.1) is 0 Å². The highest BCUT2D eigenvalue weighted by atomic mass is 19.3. The van der Waals surface area contributed by atoms with Crippen LogP contribution in [0.15, 0.2) is 12.4 Å². The fraction of sp³-hybridized carbons (Fsp3) is 0.500. The Hall–Kier alpha value is -1.17. The topological polar surface area (TPSA) is 53.1 Å². The lowest BCUT2D eigenvalue weighted by molar-refractivity contribution is 0.0563. The van der Waals surface area contributed by atoms with Crippen LogP contribution in [0.1, 0.15) is 6.55 Å². The van der Waals surface area contributed by atoms with Crippen molar-refractivity contribution in [1.82, 2.24) is 9.78 Å². The normalized spacial score (nSPS) is 10.7. The molecular weight excluding hydrogens is 168 g/mol. The van der Waals surface area contributed by atoms with Gasteiger partial charge in [-0.05, 0) is 0 Å². The third-order valence-electron chi connectivity index (χ3n) is 1.16. The Labute approximate surface area is 67.9 Å². The molecule has 1 rings (SSSR count). The maximum absolute atomic E-state index is 11.9. The molecule has 0 saturated heterocycles. The first-order valence-electron chi connectivity index (χ1n) is 3.39. The summed E-state index contributed by atoms with van der Waals surface area (Å²) in [5.74, 6) is 0.306. The number of aromatic nitrogens is 2. The minimum absolute atomic E-state index is 0.301. The van der Waals surface area contributed by atoms with Crippen molar-refractivity contribution >= 4 is 0 Å². The second kappa shape index (κ2) is 4.01. The second-order valence-corrected chi connectivity index (χ2v) is 2.07. The summed E-state index contributed by atoms with van der Waals surface area (Å²) in [6, 6.07) is 0. The van der Waals surface area contributed by atoms with Crippen LogP contribution in [0.2, 0.25) is 0 Å². The molecule has 0 saturated carbocycles. The van der Waals surface area contributed by atoms with Crippen molar-refractivity contribution in [2.24, 2.45) is 5.73 Å². The Kier molecular flexibility index (Phi) is 2.98. The van der Waals surface area contributed by atoms with E-state index in [9.17, 15) is 8.78 Å². The zero-order valence-electron chi connectivity index (χ0n) is 6.28. The predicted octanol–water partition coefficient (Wildman–Crippen LogP) is 0.616. The first-order valence-corrected chi connectivity index (χ1v) is 3.39. The minimum Gasteiger partial charge on any atom is -0.489 e. The van der Waals surface area contributed by atoms with Gasteiger partial charge >= 0.3 is 6.55 Å². The average molecular weight is 177 g/mol. The molecule has 12 heavy (non-hydrogen) atoms. The van der Waals surface area contributed by atoms with E-state index in [1.165, 1.54) is 6.20 Å². The number of alkyl halides is 2. The lowest BCUT2D eigenvalue weighted by atomic mass is 10.6. The monoisotopic (exact) mass is 177 g/mol. The van der Waals surface area contributed by atoms with Gasteiger partial charge in [-0.1, -0.05) is 0 Å². The highest BCUT2D eigenvalue weighted by molar-refractivity contribution is 5.11. The van der Waals surface area contributed by atoms with E-state index >= 15 is 0 Å². The molecule has 0 aromatic carbocycles. The molecule has 0 amide bonds. The lowest BCUT2D eigenvalue weighted by Crippen LogP contribution is -2.10. The molecule has 1 aromatic rings. The first-order chi connectivity index (χ1) is 5.74. The third-order valence-corrected chi connectivity index (χ3v) is 1.16. The summed E-state index contributed by atoms with van der Waals surface area (Å²) in [5.41, 5.74) is 5.14. The van der Waals surface area contributed by atoms with E-state index in [0.717, 1.165) is 6.20 Å². The van der Waals surface area contributed by atoms with Crippen LogP contribution in [0.3, 0.4) is 0 Å². The summed E-state index contributed by atoms with van der Waals surface area (Å²) in [6.45, 7) is -1.98. The van der Waals surface area contributed by atoms with Gasteiger partial charge in [0.05, 0.1) is 12.4 Å². The van der Waals surface area contributed by atoms with Crippen LogP contribution >= 0.6 is 0 Å². The summed E-state index contributed by atoms with van der Waals surface area (Å²) >= 11 is 0. The van der Waals surface area contributed by atoms with Gasteiger partial charge in [0, 0.05) is 6.54 Å². The summed E-state index contributed by atoms with van der Waals surface area (Å²) in [4.78, 5) is 0. The highest BCUT2D eigenvalue weighted by Gasteiger charge is 2.07. The lowest BCUT2D eigenvalue weighted by Gasteiger charge is -1.98. The molecule has 0 aliphatic carbocycles. The van der Waals surface area contributed by atoms with E-state index in [0.29, 0.717) is 23.6 Å². The Bertz CT molecular complexity index is 238. The molecule has 0 fully saturated rings. The Balaban J connectivity index is 2.52. The SMILES string of the molecule is NCCOc1cnn(C(F)F)c1. The van der Waals surface area contributed by atoms with Crippen molar-refractivity contribution in [1.29, 1.82) is 0 Å². The van der Waals surface area contributed by atoms with Crippen molar-refractivity contribution in [2.45, 2.75) is 6.55 Å². The zero-order chi connectivity index (χ0) is 8.97. The van der Waals surface area contributed by atoms with Gasteiger partial charge in [0.2, 0.25) is 0 Å². The van der Waals surface area contributed by atoms with E-state index in [2.05, 4.69) is 5.10 Å². The number of hydrogen-bond donors (Lipinski definition) is 1. The standard InChI is InChI=1S/C6H9F2N3O/c7-6(8)11-4-5(3-10-11)12-2-1-9/h3-4,6H,1-2,9H2. The molecule has 0 unspecified atom stereocenters. The maximum Gasteiger partial charge on any atom is 0.333 e. The quantitative estimate of drug-likeness (QED) is 0.733. The van der Waals surface area contributed by atoms with Crippen LogP contribution in [0.25, 0.3) is 0 Å². The van der Waals surface area contributed by atoms with E-state index in [-0.39, 0.29) is 0 Å². The molecule has 0 spiro atoms. The van der Waals surface area contributed by atoms with E-state index in [1.54, 1.807) is 0 Å². The van der Waals surface area contributed by atoms with Crippen molar-refractivity contribution in [3.63, 3.8) is 0 Å². The fourth-order valence-corrected chi connectivity index (χ4v) is 0.679. The summed E-state index contributed by atoms with van der Waals surface area (Å²) in [6.07, 6.45) is 2.35. The van der Waals surface area contributed by atoms with Crippen LogP contribution in [-0.2, 0) is 0 Å². The van der Waals surface area contributed by atoms with Gasteiger partial charge in [-0.2, -0.15) is 13.9 Å². The molecule has 68 valence electrons. The molecule has 1 heterocycles. The van der Waals surface area contributed by atoms with Crippen LogP contribution in [0.4, 0.5) is 8.78 Å². The molecule has 4 nitrogen and oxygen atoms in total. The summed E-state index contributed by atoms with van der Waals surface area (Å²) in [5, 5.41) is 3.37. The molecule has 0 aliphatic heterocycles. The molecular formula is C6H9F2N3O. The van der Waals surface area contributed by atoms with E-state index in [1.807, 2.05) is 0 Å². The van der Waals surface area contributed by atoms with Gasteiger partial charge < -0.3 is 10.5 Å². The molecule has 1 aromatic heterocycles. The number of nitrogens with two attached hydrogens (primary N) is 1. The van der Waals surface area contributed by atoms with Crippen LogP contribution in [0, 0.1) is 0 Å². The number of nitrogens with zero attached hydrogens (tertiary/aromatic N) is 2. The van der Waals surface area contributed by atoms with E-state index in [4.69, 9.17) is 10.5 Å². The summed E-state index contributed by atoms with van der Waals surface area (Å²) in [7, 11) is 0.